The van der Waals surface area contributed by atoms with Crippen molar-refractivity contribution in [3.63, 3.8) is 0 Å². The number of rotatable bonds is 6. The van der Waals surface area contributed by atoms with Gasteiger partial charge in [0.25, 0.3) is 5.91 Å². The highest BCUT2D eigenvalue weighted by Gasteiger charge is 2.16. The molecule has 0 bridgehead atoms. The molecule has 1 aliphatic heterocycles. The molecular formula is C27H29N7O. The number of benzene rings is 2. The number of nitrogens with zero attached hydrogens (tertiary/aromatic N) is 5. The van der Waals surface area contributed by atoms with Crippen LogP contribution in [0.3, 0.4) is 0 Å². The minimum absolute atomic E-state index is 0.196. The molecule has 0 radical (unpaired) electrons. The van der Waals surface area contributed by atoms with Crippen LogP contribution in [0.2, 0.25) is 0 Å². The summed E-state index contributed by atoms with van der Waals surface area (Å²) in [5.74, 6) is 1.35. The fourth-order valence-electron chi connectivity index (χ4n) is 4.32. The largest absolute Gasteiger partial charge is 0.356 e. The number of aromatic nitrogens is 4. The van der Waals surface area contributed by atoms with Crippen LogP contribution in [0.5, 0.6) is 0 Å². The van der Waals surface area contributed by atoms with E-state index < -0.39 is 0 Å². The zero-order valence-corrected chi connectivity index (χ0v) is 20.0. The third kappa shape index (κ3) is 5.16. The number of nitrogens with one attached hydrogen (secondary N) is 2. The van der Waals surface area contributed by atoms with E-state index in [1.54, 1.807) is 10.9 Å². The topological polar surface area (TPSA) is 88.0 Å². The second kappa shape index (κ2) is 9.97. The average Bonchev–Trinajstić information content (AvgIpc) is 3.27. The van der Waals surface area contributed by atoms with E-state index in [1.807, 2.05) is 74.5 Å². The van der Waals surface area contributed by atoms with Crippen LogP contribution in [-0.4, -0.2) is 38.7 Å². The van der Waals surface area contributed by atoms with Gasteiger partial charge in [-0.3, -0.25) is 4.79 Å². The van der Waals surface area contributed by atoms with E-state index >= 15 is 0 Å². The standard InChI is InChI=1S/C27H29N7O/c1-19-17-25(33-15-7-4-8-16-33)32-27(29-19)31-22-13-11-21(12-14-22)30-26(35)24-18-28-34(20(24)2)23-9-5-3-6-10-23/h3,5-6,9-14,17-18H,4,7-8,15-16H2,1-2H3,(H,30,35)(H,29,31,32). The monoisotopic (exact) mass is 467 g/mol. The zero-order chi connectivity index (χ0) is 24.2. The quantitative estimate of drug-likeness (QED) is 0.402. The zero-order valence-electron chi connectivity index (χ0n) is 20.0. The van der Waals surface area contributed by atoms with Crippen molar-refractivity contribution in [3.8, 4) is 5.69 Å². The van der Waals surface area contributed by atoms with Crippen molar-refractivity contribution in [1.82, 2.24) is 19.7 Å². The van der Waals surface area contributed by atoms with Gasteiger partial charge in [0, 0.05) is 36.2 Å². The molecule has 4 aromatic rings. The van der Waals surface area contributed by atoms with Crippen LogP contribution in [0.25, 0.3) is 5.69 Å². The maximum Gasteiger partial charge on any atom is 0.259 e. The average molecular weight is 468 g/mol. The molecule has 3 heterocycles. The van der Waals surface area contributed by atoms with Crippen LogP contribution >= 0.6 is 0 Å². The molecule has 0 aliphatic carbocycles. The highest BCUT2D eigenvalue weighted by atomic mass is 16.1. The summed E-state index contributed by atoms with van der Waals surface area (Å²) in [6, 6.07) is 19.3. The van der Waals surface area contributed by atoms with E-state index in [2.05, 4.69) is 25.6 Å². The normalized spacial score (nSPS) is 13.5. The summed E-state index contributed by atoms with van der Waals surface area (Å²) in [7, 11) is 0. The minimum atomic E-state index is -0.196. The van der Waals surface area contributed by atoms with Crippen LogP contribution in [0.1, 0.15) is 41.0 Å². The van der Waals surface area contributed by atoms with Gasteiger partial charge in [-0.1, -0.05) is 18.2 Å². The Kier molecular flexibility index (Phi) is 6.43. The molecule has 0 saturated carbocycles. The van der Waals surface area contributed by atoms with Crippen LogP contribution in [-0.2, 0) is 0 Å². The number of para-hydroxylation sites is 1. The number of carbonyl (C=O) groups excluding carboxylic acids is 1. The lowest BCUT2D eigenvalue weighted by atomic mass is 10.1. The van der Waals surface area contributed by atoms with Crippen LogP contribution in [0.4, 0.5) is 23.1 Å². The van der Waals surface area contributed by atoms with Gasteiger partial charge in [-0.05, 0) is 69.5 Å². The Labute approximate surface area is 205 Å². The van der Waals surface area contributed by atoms with Gasteiger partial charge >= 0.3 is 0 Å². The van der Waals surface area contributed by atoms with Gasteiger partial charge in [0.15, 0.2) is 0 Å². The van der Waals surface area contributed by atoms with Crippen molar-refractivity contribution in [2.75, 3.05) is 28.6 Å². The first-order chi connectivity index (χ1) is 17.1. The molecule has 0 spiro atoms. The molecule has 8 nitrogen and oxygen atoms in total. The van der Waals surface area contributed by atoms with Crippen LogP contribution in [0.15, 0.2) is 66.9 Å². The lowest BCUT2D eigenvalue weighted by molar-refractivity contribution is 0.102. The Hall–Kier alpha value is -4.20. The summed E-state index contributed by atoms with van der Waals surface area (Å²) >= 11 is 0. The van der Waals surface area contributed by atoms with Crippen molar-refractivity contribution in [2.24, 2.45) is 0 Å². The van der Waals surface area contributed by atoms with Crippen molar-refractivity contribution in [1.29, 1.82) is 0 Å². The van der Waals surface area contributed by atoms with E-state index in [9.17, 15) is 4.79 Å². The van der Waals surface area contributed by atoms with Crippen molar-refractivity contribution >= 4 is 29.0 Å². The van der Waals surface area contributed by atoms with Gasteiger partial charge in [-0.25, -0.2) is 9.67 Å². The molecule has 1 fully saturated rings. The second-order valence-electron chi connectivity index (χ2n) is 8.79. The maximum absolute atomic E-state index is 12.9. The molecule has 1 saturated heterocycles. The molecule has 0 atom stereocenters. The molecule has 2 aromatic carbocycles. The number of anilines is 4. The van der Waals surface area contributed by atoms with Crippen LogP contribution < -0.4 is 15.5 Å². The lowest BCUT2D eigenvalue weighted by Crippen LogP contribution is -2.30. The predicted octanol–water partition coefficient (Wildman–Crippen LogP) is 5.27. The summed E-state index contributed by atoms with van der Waals surface area (Å²) in [4.78, 5) is 24.5. The molecule has 2 aromatic heterocycles. The first kappa shape index (κ1) is 22.6. The molecule has 0 unspecified atom stereocenters. The number of piperidine rings is 1. The van der Waals surface area contributed by atoms with Gasteiger partial charge in [0.1, 0.15) is 5.82 Å². The Morgan fingerprint density at radius 1 is 0.886 bits per heavy atom. The fraction of sp³-hybridized carbons (Fsp3) is 0.259. The number of amides is 1. The molecule has 35 heavy (non-hydrogen) atoms. The summed E-state index contributed by atoms with van der Waals surface area (Å²) in [6.45, 7) is 5.95. The Bertz CT molecular complexity index is 1310. The van der Waals surface area contributed by atoms with Crippen molar-refractivity contribution < 1.29 is 4.79 Å². The number of hydrogen-bond acceptors (Lipinski definition) is 6. The Morgan fingerprint density at radius 2 is 1.60 bits per heavy atom. The van der Waals surface area contributed by atoms with Gasteiger partial charge < -0.3 is 15.5 Å². The molecule has 5 rings (SSSR count). The van der Waals surface area contributed by atoms with E-state index in [0.29, 0.717) is 17.2 Å². The first-order valence-corrected chi connectivity index (χ1v) is 12.0. The Morgan fingerprint density at radius 3 is 2.34 bits per heavy atom. The van der Waals surface area contributed by atoms with E-state index in [1.165, 1.54) is 19.3 Å². The van der Waals surface area contributed by atoms with Crippen LogP contribution in [0, 0.1) is 13.8 Å². The molecule has 1 aliphatic rings. The summed E-state index contributed by atoms with van der Waals surface area (Å²) in [5, 5.41) is 10.6. The minimum Gasteiger partial charge on any atom is -0.356 e. The van der Waals surface area contributed by atoms with Gasteiger partial charge in [-0.15, -0.1) is 0 Å². The molecule has 8 heteroatoms. The molecule has 178 valence electrons. The highest BCUT2D eigenvalue weighted by molar-refractivity contribution is 6.05. The third-order valence-electron chi connectivity index (χ3n) is 6.17. The fourth-order valence-corrected chi connectivity index (χ4v) is 4.32. The number of carbonyl (C=O) groups is 1. The maximum atomic E-state index is 12.9. The highest BCUT2D eigenvalue weighted by Crippen LogP contribution is 2.23. The number of aryl methyl sites for hydroxylation is 1. The third-order valence-corrected chi connectivity index (χ3v) is 6.17. The lowest BCUT2D eigenvalue weighted by Gasteiger charge is -2.28. The molecule has 1 amide bonds. The van der Waals surface area contributed by atoms with E-state index in [4.69, 9.17) is 4.98 Å². The van der Waals surface area contributed by atoms with Crippen molar-refractivity contribution in [3.05, 3.63) is 83.8 Å². The van der Waals surface area contributed by atoms with Gasteiger partial charge in [0.05, 0.1) is 23.1 Å². The molecule has 2 N–H and O–H groups in total. The summed E-state index contributed by atoms with van der Waals surface area (Å²) in [5.41, 5.74) is 4.72. The SMILES string of the molecule is Cc1cc(N2CCCCC2)nc(Nc2ccc(NC(=O)c3cnn(-c4ccccc4)c3C)cc2)n1. The Balaban J connectivity index is 1.26. The van der Waals surface area contributed by atoms with E-state index in [0.717, 1.165) is 41.7 Å². The van der Waals surface area contributed by atoms with Gasteiger partial charge in [0.2, 0.25) is 5.95 Å². The van der Waals surface area contributed by atoms with E-state index in [-0.39, 0.29) is 5.91 Å². The van der Waals surface area contributed by atoms with Crippen molar-refractivity contribution in [2.45, 2.75) is 33.1 Å². The molecular weight excluding hydrogens is 438 g/mol. The summed E-state index contributed by atoms with van der Waals surface area (Å²) in [6.07, 6.45) is 5.28. The summed E-state index contributed by atoms with van der Waals surface area (Å²) < 4.78 is 1.77. The first-order valence-electron chi connectivity index (χ1n) is 12.0. The smallest absolute Gasteiger partial charge is 0.259 e. The number of hydrogen-bond donors (Lipinski definition) is 2. The predicted molar refractivity (Wildman–Crippen MR) is 139 cm³/mol. The second-order valence-corrected chi connectivity index (χ2v) is 8.79. The van der Waals surface area contributed by atoms with Gasteiger partial charge in [-0.2, -0.15) is 10.1 Å².